The zero-order chi connectivity index (χ0) is 16.0. The maximum absolute atomic E-state index is 12.0. The number of ether oxygens (including phenoxy) is 2. The fourth-order valence-corrected chi connectivity index (χ4v) is 1.83. The van der Waals surface area contributed by atoms with E-state index in [0.29, 0.717) is 6.42 Å². The van der Waals surface area contributed by atoms with Gasteiger partial charge in [0.2, 0.25) is 5.91 Å². The van der Waals surface area contributed by atoms with Gasteiger partial charge >= 0.3 is 18.2 Å². The normalized spacial score (nSPS) is 18.3. The monoisotopic (exact) mass is 312 g/mol. The number of nitrogens with zero attached hydrogens (tertiary/aromatic N) is 1. The molecule has 0 aromatic heterocycles. The number of amides is 2. The van der Waals surface area contributed by atoms with Crippen molar-refractivity contribution in [3.05, 3.63) is 0 Å². The SMILES string of the molecule is COC(=O)CNC(=O)[C@H]1CCCN1C(=O)OCC(F)(F)F. The maximum Gasteiger partial charge on any atom is 0.422 e. The largest absolute Gasteiger partial charge is 0.468 e. The molecule has 1 N–H and O–H groups in total. The molecule has 21 heavy (non-hydrogen) atoms. The van der Waals surface area contributed by atoms with Crippen LogP contribution >= 0.6 is 0 Å². The first-order valence-corrected chi connectivity index (χ1v) is 6.09. The number of carbonyl (C=O) groups is 3. The Morgan fingerprint density at radius 3 is 2.57 bits per heavy atom. The van der Waals surface area contributed by atoms with Crippen LogP contribution in [0.2, 0.25) is 0 Å². The molecule has 1 atom stereocenters. The highest BCUT2D eigenvalue weighted by molar-refractivity contribution is 5.88. The second kappa shape index (κ2) is 7.14. The first-order chi connectivity index (χ1) is 9.74. The second-order valence-corrected chi connectivity index (χ2v) is 4.32. The fraction of sp³-hybridized carbons (Fsp3) is 0.727. The molecule has 1 aliphatic heterocycles. The molecule has 0 aromatic rings. The molecule has 10 heteroatoms. The minimum Gasteiger partial charge on any atom is -0.468 e. The molecule has 0 bridgehead atoms. The van der Waals surface area contributed by atoms with Crippen LogP contribution in [0, 0.1) is 0 Å². The van der Waals surface area contributed by atoms with Crippen molar-refractivity contribution < 1.29 is 37.0 Å². The Kier molecular flexibility index (Phi) is 5.79. The van der Waals surface area contributed by atoms with Crippen molar-refractivity contribution in [2.45, 2.75) is 25.1 Å². The smallest absolute Gasteiger partial charge is 0.422 e. The van der Waals surface area contributed by atoms with E-state index in [1.807, 2.05) is 0 Å². The molecule has 0 spiro atoms. The van der Waals surface area contributed by atoms with Crippen LogP contribution in [0.1, 0.15) is 12.8 Å². The predicted octanol–water partition coefficient (Wildman–Crippen LogP) is 0.439. The predicted molar refractivity (Wildman–Crippen MR) is 62.2 cm³/mol. The maximum atomic E-state index is 12.0. The van der Waals surface area contributed by atoms with Crippen LogP contribution in [0.4, 0.5) is 18.0 Å². The van der Waals surface area contributed by atoms with Crippen LogP contribution in [-0.4, -0.2) is 61.9 Å². The topological polar surface area (TPSA) is 84.9 Å². The molecule has 2 amide bonds. The minimum absolute atomic E-state index is 0.118. The molecule has 0 unspecified atom stereocenters. The third kappa shape index (κ3) is 5.48. The van der Waals surface area contributed by atoms with Gasteiger partial charge in [-0.25, -0.2) is 4.79 Å². The Morgan fingerprint density at radius 2 is 2.00 bits per heavy atom. The van der Waals surface area contributed by atoms with E-state index in [2.05, 4.69) is 14.8 Å². The van der Waals surface area contributed by atoms with Gasteiger partial charge < -0.3 is 14.8 Å². The number of hydrogen-bond acceptors (Lipinski definition) is 5. The third-order valence-corrected chi connectivity index (χ3v) is 2.78. The standard InChI is InChI=1S/C11H15F3N2O5/c1-20-8(17)5-15-9(18)7-3-2-4-16(7)10(19)21-6-11(12,13)14/h7H,2-6H2,1H3,(H,15,18)/t7-/m1/s1. The Morgan fingerprint density at radius 1 is 1.33 bits per heavy atom. The van der Waals surface area contributed by atoms with Crippen molar-refractivity contribution in [1.29, 1.82) is 0 Å². The second-order valence-electron chi connectivity index (χ2n) is 4.32. The molecule has 1 heterocycles. The lowest BCUT2D eigenvalue weighted by molar-refractivity contribution is -0.162. The van der Waals surface area contributed by atoms with Crippen LogP contribution in [-0.2, 0) is 19.1 Å². The Labute approximate surface area is 118 Å². The number of carbonyl (C=O) groups excluding carboxylic acids is 3. The number of methoxy groups -OCH3 is 1. The lowest BCUT2D eigenvalue weighted by Crippen LogP contribution is -2.47. The van der Waals surface area contributed by atoms with Crippen LogP contribution in [0.15, 0.2) is 0 Å². The highest BCUT2D eigenvalue weighted by Crippen LogP contribution is 2.20. The number of esters is 1. The number of nitrogens with one attached hydrogen (secondary N) is 1. The van der Waals surface area contributed by atoms with Crippen LogP contribution < -0.4 is 5.32 Å². The average Bonchev–Trinajstić information content (AvgIpc) is 2.90. The zero-order valence-corrected chi connectivity index (χ0v) is 11.2. The van der Waals surface area contributed by atoms with Crippen LogP contribution in [0.5, 0.6) is 0 Å². The van der Waals surface area contributed by atoms with Gasteiger partial charge in [0, 0.05) is 6.54 Å². The molecule has 0 radical (unpaired) electrons. The zero-order valence-electron chi connectivity index (χ0n) is 11.2. The van der Waals surface area contributed by atoms with Gasteiger partial charge in [0.1, 0.15) is 12.6 Å². The summed E-state index contributed by atoms with van der Waals surface area (Å²) in [5.41, 5.74) is 0. The molecule has 7 nitrogen and oxygen atoms in total. The van der Waals surface area contributed by atoms with Gasteiger partial charge in [-0.15, -0.1) is 0 Å². The number of likely N-dealkylation sites (tertiary alicyclic amines) is 1. The third-order valence-electron chi connectivity index (χ3n) is 2.78. The van der Waals surface area contributed by atoms with Gasteiger partial charge in [-0.2, -0.15) is 13.2 Å². The summed E-state index contributed by atoms with van der Waals surface area (Å²) >= 11 is 0. The Balaban J connectivity index is 2.52. The van der Waals surface area contributed by atoms with E-state index in [9.17, 15) is 27.6 Å². The van der Waals surface area contributed by atoms with Crippen molar-refractivity contribution in [2.75, 3.05) is 26.8 Å². The van der Waals surface area contributed by atoms with Crippen LogP contribution in [0.25, 0.3) is 0 Å². The Hall–Kier alpha value is -2.00. The summed E-state index contributed by atoms with van der Waals surface area (Å²) in [6.07, 6.45) is -5.09. The molecule has 1 aliphatic rings. The van der Waals surface area contributed by atoms with E-state index >= 15 is 0 Å². The number of rotatable bonds is 4. The van der Waals surface area contributed by atoms with Gasteiger partial charge in [-0.1, -0.05) is 0 Å². The van der Waals surface area contributed by atoms with Gasteiger partial charge in [-0.3, -0.25) is 14.5 Å². The summed E-state index contributed by atoms with van der Waals surface area (Å²) < 4.78 is 44.4. The minimum atomic E-state index is -4.63. The summed E-state index contributed by atoms with van der Waals surface area (Å²) in [5, 5.41) is 2.25. The van der Waals surface area contributed by atoms with Gasteiger partial charge in [0.25, 0.3) is 0 Å². The van der Waals surface area contributed by atoms with Crippen LogP contribution in [0.3, 0.4) is 0 Å². The summed E-state index contributed by atoms with van der Waals surface area (Å²) in [5.74, 6) is -1.31. The van der Waals surface area contributed by atoms with Gasteiger partial charge in [-0.05, 0) is 12.8 Å². The molecule has 120 valence electrons. The van der Waals surface area contributed by atoms with E-state index in [-0.39, 0.29) is 19.5 Å². The van der Waals surface area contributed by atoms with E-state index in [1.165, 1.54) is 0 Å². The molecular weight excluding hydrogens is 297 g/mol. The van der Waals surface area contributed by atoms with E-state index in [0.717, 1.165) is 12.0 Å². The van der Waals surface area contributed by atoms with E-state index in [4.69, 9.17) is 0 Å². The van der Waals surface area contributed by atoms with E-state index in [1.54, 1.807) is 0 Å². The van der Waals surface area contributed by atoms with E-state index < -0.39 is 36.8 Å². The number of alkyl halides is 3. The lowest BCUT2D eigenvalue weighted by atomic mass is 10.2. The first kappa shape index (κ1) is 17.1. The first-order valence-electron chi connectivity index (χ1n) is 6.09. The highest BCUT2D eigenvalue weighted by Gasteiger charge is 2.37. The summed E-state index contributed by atoms with van der Waals surface area (Å²) in [6, 6.07) is -0.949. The molecule has 0 aliphatic carbocycles. The van der Waals surface area contributed by atoms with Crippen molar-refractivity contribution in [3.63, 3.8) is 0 Å². The van der Waals surface area contributed by atoms with Crippen molar-refractivity contribution in [1.82, 2.24) is 10.2 Å². The van der Waals surface area contributed by atoms with Gasteiger partial charge in [0.05, 0.1) is 7.11 Å². The summed E-state index contributed by atoms with van der Waals surface area (Å²) in [7, 11) is 1.14. The summed E-state index contributed by atoms with van der Waals surface area (Å²) in [6.45, 7) is -1.97. The fourth-order valence-electron chi connectivity index (χ4n) is 1.83. The quantitative estimate of drug-likeness (QED) is 0.761. The molecular formula is C11H15F3N2O5. The van der Waals surface area contributed by atoms with Crippen molar-refractivity contribution in [2.24, 2.45) is 0 Å². The van der Waals surface area contributed by atoms with Crippen molar-refractivity contribution >= 4 is 18.0 Å². The average molecular weight is 312 g/mol. The molecule has 1 fully saturated rings. The highest BCUT2D eigenvalue weighted by atomic mass is 19.4. The van der Waals surface area contributed by atoms with Gasteiger partial charge in [0.15, 0.2) is 6.61 Å². The molecule has 1 rings (SSSR count). The number of hydrogen-bond donors (Lipinski definition) is 1. The molecule has 0 saturated carbocycles. The van der Waals surface area contributed by atoms with Crippen molar-refractivity contribution in [3.8, 4) is 0 Å². The molecule has 1 saturated heterocycles. The Bertz CT molecular complexity index is 413. The summed E-state index contributed by atoms with van der Waals surface area (Å²) in [4.78, 5) is 35.1. The lowest BCUT2D eigenvalue weighted by Gasteiger charge is -2.23. The molecule has 0 aromatic carbocycles. The number of halogens is 3.